The molecule has 82 heavy (non-hydrogen) atoms. The van der Waals surface area contributed by atoms with Gasteiger partial charge in [0.05, 0.1) is 0 Å². The van der Waals surface area contributed by atoms with Crippen LogP contribution in [0.2, 0.25) is 0 Å². The maximum absolute atomic E-state index is 2.49. The highest BCUT2D eigenvalue weighted by Gasteiger charge is 2.37. The summed E-state index contributed by atoms with van der Waals surface area (Å²) in [5, 5.41) is 10.1. The molecular weight excluding hydrogens is 985 g/mol. The second-order valence-corrected chi connectivity index (χ2v) is 22.2. The topological polar surface area (TPSA) is 0 Å². The molecule has 0 nitrogen and oxygen atoms in total. The van der Waals surface area contributed by atoms with Gasteiger partial charge in [0.1, 0.15) is 0 Å². The van der Waals surface area contributed by atoms with Gasteiger partial charge in [0.25, 0.3) is 0 Å². The number of hydrogen-bond acceptors (Lipinski definition) is 0. The molecule has 0 amide bonds. The van der Waals surface area contributed by atoms with Gasteiger partial charge in [-0.25, -0.2) is 0 Å². The van der Waals surface area contributed by atoms with Gasteiger partial charge in [0.2, 0.25) is 0 Å². The highest BCUT2D eigenvalue weighted by atomic mass is 14.4. The summed E-state index contributed by atoms with van der Waals surface area (Å²) in [7, 11) is 0. The van der Waals surface area contributed by atoms with Crippen LogP contribution in [0.1, 0.15) is 0 Å². The Kier molecular flexibility index (Phi) is 10.4. The second-order valence-electron chi connectivity index (χ2n) is 22.2. The molecule has 0 atom stereocenters. The molecule has 15 aromatic rings. The molecule has 0 bridgehead atoms. The van der Waals surface area contributed by atoms with E-state index in [4.69, 9.17) is 0 Å². The minimum Gasteiger partial charge on any atom is -0.0622 e. The molecule has 0 spiro atoms. The Hall–Kier alpha value is -10.7. The summed E-state index contributed by atoms with van der Waals surface area (Å²) in [4.78, 5) is 0. The number of rotatable bonds is 8. The number of fused-ring (bicyclic) bond motifs is 9. The van der Waals surface area contributed by atoms with E-state index in [2.05, 4.69) is 303 Å². The van der Waals surface area contributed by atoms with Crippen molar-refractivity contribution >= 4 is 43.1 Å². The van der Waals surface area contributed by atoms with Gasteiger partial charge >= 0.3 is 0 Å². The Morgan fingerprint density at radius 2 is 0.366 bits per heavy atom. The second kappa shape index (κ2) is 18.5. The maximum Gasteiger partial charge on any atom is -0.000740 e. The largest absolute Gasteiger partial charge is 0.0622 e. The van der Waals surface area contributed by atoms with Crippen LogP contribution in [-0.4, -0.2) is 0 Å². The van der Waals surface area contributed by atoms with Crippen LogP contribution >= 0.6 is 0 Å². The predicted octanol–water partition coefficient (Wildman–Crippen LogP) is 22.9. The van der Waals surface area contributed by atoms with Gasteiger partial charge in [0.15, 0.2) is 0 Å². The van der Waals surface area contributed by atoms with Crippen molar-refractivity contribution < 1.29 is 0 Å². The summed E-state index contributed by atoms with van der Waals surface area (Å²) in [6, 6.07) is 114. The summed E-state index contributed by atoms with van der Waals surface area (Å²) in [6.07, 6.45) is 0. The number of benzene rings is 15. The molecule has 0 saturated carbocycles. The third-order valence-electron chi connectivity index (χ3n) is 17.6. The zero-order valence-corrected chi connectivity index (χ0v) is 44.9. The van der Waals surface area contributed by atoms with Gasteiger partial charge in [-0.05, 0) is 225 Å². The van der Waals surface area contributed by atoms with Crippen LogP contribution in [0.5, 0.6) is 0 Å². The van der Waals surface area contributed by atoms with Crippen molar-refractivity contribution in [1.29, 1.82) is 0 Å². The first-order chi connectivity index (χ1) is 40.7. The quantitative estimate of drug-likeness (QED) is 0.133. The Labute approximate surface area is 477 Å². The monoisotopic (exact) mass is 1030 g/mol. The Morgan fingerprint density at radius 1 is 0.134 bits per heavy atom. The van der Waals surface area contributed by atoms with E-state index in [1.54, 1.807) is 0 Å². The third kappa shape index (κ3) is 7.12. The first kappa shape index (κ1) is 46.3. The van der Waals surface area contributed by atoms with Crippen LogP contribution in [0.15, 0.2) is 303 Å². The Balaban J connectivity index is 1.04. The van der Waals surface area contributed by atoms with Crippen molar-refractivity contribution in [2.75, 3.05) is 0 Å². The van der Waals surface area contributed by atoms with Crippen molar-refractivity contribution in [2.45, 2.75) is 0 Å². The van der Waals surface area contributed by atoms with Crippen molar-refractivity contribution in [1.82, 2.24) is 0 Å². The summed E-state index contributed by atoms with van der Waals surface area (Å²) >= 11 is 0. The molecule has 0 heteroatoms. The molecule has 0 N–H and O–H groups in total. The molecular formula is C82H50. The fraction of sp³-hybridized carbons (Fsp3) is 0. The van der Waals surface area contributed by atoms with Crippen LogP contribution in [0.4, 0.5) is 0 Å². The molecule has 2 aliphatic rings. The standard InChI is InChI=1S/C82H50/c1-7-23-51(24-8-1)59-43-60(52-25-9-2-10-26-52)46-63(45-59)75-65-37-21-22-38-66(65)76(64-47-61(53-27-11-3-12-28-53)44-62(48-64)54-29-13-4-14-30-54)82-70-42-40-68-77-67(39-41-69(78(70)77)81(75)82)79-73(55-31-15-5-16-32-55)71-49-57-35-19-20-36-58(57)50-72(71)74(80(68)79)56-33-17-6-18-34-56/h1-50H. The molecule has 0 aliphatic heterocycles. The third-order valence-corrected chi connectivity index (χ3v) is 17.6. The van der Waals surface area contributed by atoms with Crippen LogP contribution in [0, 0.1) is 0 Å². The van der Waals surface area contributed by atoms with E-state index in [9.17, 15) is 0 Å². The first-order valence-electron chi connectivity index (χ1n) is 28.6. The lowest BCUT2D eigenvalue weighted by molar-refractivity contribution is 1.56. The van der Waals surface area contributed by atoms with Gasteiger partial charge in [-0.1, -0.05) is 255 Å². The number of hydrogen-bond donors (Lipinski definition) is 0. The van der Waals surface area contributed by atoms with Crippen molar-refractivity contribution in [2.24, 2.45) is 0 Å². The Morgan fingerprint density at radius 3 is 0.659 bits per heavy atom. The predicted molar refractivity (Wildman–Crippen MR) is 349 cm³/mol. The van der Waals surface area contributed by atoms with E-state index in [0.717, 1.165) is 0 Å². The summed E-state index contributed by atoms with van der Waals surface area (Å²) < 4.78 is 0. The van der Waals surface area contributed by atoms with E-state index in [0.29, 0.717) is 0 Å². The minimum absolute atomic E-state index is 1.19. The van der Waals surface area contributed by atoms with E-state index in [-0.39, 0.29) is 0 Å². The van der Waals surface area contributed by atoms with Crippen LogP contribution in [0.3, 0.4) is 0 Å². The van der Waals surface area contributed by atoms with Gasteiger partial charge in [-0.2, -0.15) is 0 Å². The van der Waals surface area contributed by atoms with Gasteiger partial charge in [-0.3, -0.25) is 0 Å². The van der Waals surface area contributed by atoms with Crippen molar-refractivity contribution in [3.05, 3.63) is 303 Å². The lowest BCUT2D eigenvalue weighted by atomic mass is 9.80. The highest BCUT2D eigenvalue weighted by Crippen LogP contribution is 2.65. The Bertz CT molecular complexity index is 4650. The molecule has 378 valence electrons. The zero-order valence-electron chi connectivity index (χ0n) is 44.9. The van der Waals surface area contributed by atoms with E-state index in [1.165, 1.54) is 177 Å². The molecule has 2 aliphatic carbocycles. The highest BCUT2D eigenvalue weighted by molar-refractivity contribution is 6.36. The minimum atomic E-state index is 1.19. The lowest BCUT2D eigenvalue weighted by Gasteiger charge is -2.23. The fourth-order valence-electron chi connectivity index (χ4n) is 14.2. The fourth-order valence-corrected chi connectivity index (χ4v) is 14.2. The normalized spacial score (nSPS) is 11.9. The summed E-state index contributed by atoms with van der Waals surface area (Å²) in [5.41, 5.74) is 29.7. The van der Waals surface area contributed by atoms with Crippen molar-refractivity contribution in [3.8, 4) is 134 Å². The lowest BCUT2D eigenvalue weighted by Crippen LogP contribution is -1.96. The molecule has 15 aromatic carbocycles. The zero-order chi connectivity index (χ0) is 53.8. The molecule has 0 fully saturated rings. The molecule has 0 unspecified atom stereocenters. The van der Waals surface area contributed by atoms with E-state index >= 15 is 0 Å². The molecule has 17 rings (SSSR count). The van der Waals surface area contributed by atoms with E-state index in [1.807, 2.05) is 0 Å². The van der Waals surface area contributed by atoms with Crippen LogP contribution < -0.4 is 0 Å². The SMILES string of the molecule is c1ccc(-c2cc(-c3ccccc3)cc(-c3c4c(c(-c5cc(-c6ccccc6)cc(-c6ccccc6)c5)c5ccccc35)-c3ccc5c6c(ccc-4c36)-c3c-5c(-c4ccccc4)c4cc5ccccc5cc4c3-c3ccccc3)c2)cc1. The smallest absolute Gasteiger partial charge is 0.000740 e. The van der Waals surface area contributed by atoms with Crippen molar-refractivity contribution in [3.63, 3.8) is 0 Å². The van der Waals surface area contributed by atoms with Gasteiger partial charge < -0.3 is 0 Å². The summed E-state index contributed by atoms with van der Waals surface area (Å²) in [5.74, 6) is 0. The van der Waals surface area contributed by atoms with Crippen LogP contribution in [0.25, 0.3) is 177 Å². The maximum atomic E-state index is 2.49. The van der Waals surface area contributed by atoms with E-state index < -0.39 is 0 Å². The average molecular weight is 1040 g/mol. The van der Waals surface area contributed by atoms with Gasteiger partial charge in [-0.15, -0.1) is 0 Å². The molecule has 0 heterocycles. The van der Waals surface area contributed by atoms with Gasteiger partial charge in [0, 0.05) is 0 Å². The molecule has 0 saturated heterocycles. The first-order valence-corrected chi connectivity index (χ1v) is 28.6. The molecule has 0 aromatic heterocycles. The average Bonchev–Trinajstić information content (AvgIpc) is 2.23. The molecule has 0 radical (unpaired) electrons. The summed E-state index contributed by atoms with van der Waals surface area (Å²) in [6.45, 7) is 0. The van der Waals surface area contributed by atoms with Crippen LogP contribution in [-0.2, 0) is 0 Å².